The van der Waals surface area contributed by atoms with Crippen LogP contribution in [0.4, 0.5) is 0 Å². The fourth-order valence-corrected chi connectivity index (χ4v) is 3.78. The first-order chi connectivity index (χ1) is 9.69. The van der Waals surface area contributed by atoms with Gasteiger partial charge in [0.15, 0.2) is 6.10 Å². The third kappa shape index (κ3) is 1.31. The Balaban J connectivity index is 1.57. The number of nitrogens with zero attached hydrogens (tertiary/aromatic N) is 2. The second kappa shape index (κ2) is 3.82. The zero-order valence-electron chi connectivity index (χ0n) is 11.2. The second-order valence-electron chi connectivity index (χ2n) is 5.79. The summed E-state index contributed by atoms with van der Waals surface area (Å²) in [4.78, 5) is 27.4. The third-order valence-corrected chi connectivity index (χ3v) is 5.00. The molecule has 3 aliphatic heterocycles. The van der Waals surface area contributed by atoms with Gasteiger partial charge in [0.2, 0.25) is 0 Å². The van der Waals surface area contributed by atoms with Crippen molar-refractivity contribution in [2.45, 2.75) is 30.1 Å². The highest BCUT2D eigenvalue weighted by Gasteiger charge is 2.73. The van der Waals surface area contributed by atoms with Crippen molar-refractivity contribution in [1.82, 2.24) is 9.80 Å². The minimum atomic E-state index is -0.452. The molecule has 3 heterocycles. The molecule has 1 unspecified atom stereocenters. The molecule has 4 rings (SSSR count). The van der Waals surface area contributed by atoms with Gasteiger partial charge in [0.1, 0.15) is 12.0 Å². The van der Waals surface area contributed by atoms with Crippen molar-refractivity contribution < 1.29 is 14.3 Å². The Kier molecular flexibility index (Phi) is 2.27. The molecule has 0 saturated carbocycles. The monoisotopic (exact) mass is 272 g/mol. The van der Waals surface area contributed by atoms with E-state index < -0.39 is 6.10 Å². The van der Waals surface area contributed by atoms with Gasteiger partial charge in [-0.05, 0) is 25.6 Å². The zero-order valence-corrected chi connectivity index (χ0v) is 11.2. The molecule has 0 N–H and O–H groups in total. The fraction of sp³-hybridized carbons (Fsp3) is 0.467. The Morgan fingerprint density at radius 2 is 2.10 bits per heavy atom. The molecule has 0 aliphatic carbocycles. The average molecular weight is 272 g/mol. The summed E-state index contributed by atoms with van der Waals surface area (Å²) in [6.45, 7) is 0.651. The number of para-hydroxylation sites is 1. The maximum Gasteiger partial charge on any atom is 0.266 e. The topological polar surface area (TPSA) is 49.6 Å². The first-order valence-electron chi connectivity index (χ1n) is 6.90. The van der Waals surface area contributed by atoms with E-state index in [0.717, 1.165) is 12.7 Å². The van der Waals surface area contributed by atoms with E-state index in [-0.39, 0.29) is 23.5 Å². The summed E-state index contributed by atoms with van der Waals surface area (Å²) in [5.74, 6) is 0.745. The Morgan fingerprint density at radius 3 is 2.80 bits per heavy atom. The lowest BCUT2D eigenvalue weighted by atomic mass is 9.82. The van der Waals surface area contributed by atoms with Crippen molar-refractivity contribution in [2.24, 2.45) is 0 Å². The molecule has 5 heteroatoms. The second-order valence-corrected chi connectivity index (χ2v) is 5.79. The molecule has 20 heavy (non-hydrogen) atoms. The minimum Gasteiger partial charge on any atom is -0.478 e. The van der Waals surface area contributed by atoms with Gasteiger partial charge >= 0.3 is 0 Å². The maximum atomic E-state index is 12.2. The number of hydrogen-bond acceptors (Lipinski definition) is 4. The first kappa shape index (κ1) is 11.9. The lowest BCUT2D eigenvalue weighted by Crippen LogP contribution is -2.72. The van der Waals surface area contributed by atoms with Crippen LogP contribution in [-0.2, 0) is 9.59 Å². The molecule has 0 bridgehead atoms. The normalized spacial score (nSPS) is 41.2. The van der Waals surface area contributed by atoms with E-state index >= 15 is 0 Å². The predicted octanol–water partition coefficient (Wildman–Crippen LogP) is 0.300. The van der Waals surface area contributed by atoms with Crippen molar-refractivity contribution in [1.29, 1.82) is 0 Å². The summed E-state index contributed by atoms with van der Waals surface area (Å²) >= 11 is 0. The van der Waals surface area contributed by atoms with Crippen LogP contribution in [0.2, 0.25) is 0 Å². The predicted molar refractivity (Wildman–Crippen MR) is 71.3 cm³/mol. The number of carbonyl (C=O) groups is 2. The van der Waals surface area contributed by atoms with Crippen LogP contribution in [0.3, 0.4) is 0 Å². The number of rotatable bonds is 3. The fourth-order valence-electron chi connectivity index (χ4n) is 3.78. The van der Waals surface area contributed by atoms with Crippen molar-refractivity contribution in [2.75, 3.05) is 13.6 Å². The molecule has 0 spiro atoms. The number of benzene rings is 1. The summed E-state index contributed by atoms with van der Waals surface area (Å²) in [6, 6.07) is 9.50. The highest BCUT2D eigenvalue weighted by Crippen LogP contribution is 2.51. The molecule has 5 atom stereocenters. The molecule has 104 valence electrons. The first-order valence-corrected chi connectivity index (χ1v) is 6.90. The molecular formula is C15H16N2O3. The van der Waals surface area contributed by atoms with Gasteiger partial charge < -0.3 is 14.4 Å². The van der Waals surface area contributed by atoms with Crippen molar-refractivity contribution in [3.8, 4) is 5.75 Å². The molecule has 1 amide bonds. The van der Waals surface area contributed by atoms with Gasteiger partial charge in [-0.3, -0.25) is 9.69 Å². The van der Waals surface area contributed by atoms with E-state index in [1.807, 2.05) is 42.3 Å². The van der Waals surface area contributed by atoms with Crippen LogP contribution in [0.1, 0.15) is 6.42 Å². The van der Waals surface area contributed by atoms with Gasteiger partial charge in [0, 0.05) is 6.54 Å². The number of fused-ring (bicyclic) bond motifs is 3. The molecule has 3 fully saturated rings. The molecule has 3 aliphatic rings. The molecule has 1 aromatic rings. The summed E-state index contributed by atoms with van der Waals surface area (Å²) in [5.41, 5.74) is -0.361. The Labute approximate surface area is 117 Å². The largest absolute Gasteiger partial charge is 0.478 e. The molecular weight excluding hydrogens is 256 g/mol. The average Bonchev–Trinajstić information content (AvgIpc) is 3.09. The van der Waals surface area contributed by atoms with Gasteiger partial charge in [-0.2, -0.15) is 0 Å². The summed E-state index contributed by atoms with van der Waals surface area (Å²) < 4.78 is 5.83. The third-order valence-electron chi connectivity index (χ3n) is 5.00. The number of ether oxygens (including phenoxy) is 1. The van der Waals surface area contributed by atoms with Gasteiger partial charge in [-0.15, -0.1) is 0 Å². The lowest BCUT2D eigenvalue weighted by molar-refractivity contribution is -0.166. The molecule has 0 aromatic heterocycles. The van der Waals surface area contributed by atoms with Crippen LogP contribution in [-0.4, -0.2) is 59.3 Å². The smallest absolute Gasteiger partial charge is 0.266 e. The summed E-state index contributed by atoms with van der Waals surface area (Å²) in [5, 5.41) is 0. The summed E-state index contributed by atoms with van der Waals surface area (Å²) in [7, 11) is 1.95. The Bertz CT molecular complexity index is 576. The van der Waals surface area contributed by atoms with Crippen LogP contribution in [0.5, 0.6) is 5.75 Å². The van der Waals surface area contributed by atoms with Crippen LogP contribution in [0, 0.1) is 0 Å². The van der Waals surface area contributed by atoms with Crippen molar-refractivity contribution in [3.63, 3.8) is 0 Å². The Morgan fingerprint density at radius 1 is 1.35 bits per heavy atom. The molecule has 1 aromatic carbocycles. The van der Waals surface area contributed by atoms with Gasteiger partial charge in [-0.1, -0.05) is 18.2 Å². The van der Waals surface area contributed by atoms with Gasteiger partial charge in [-0.25, -0.2) is 0 Å². The van der Waals surface area contributed by atoms with E-state index in [9.17, 15) is 9.59 Å². The van der Waals surface area contributed by atoms with E-state index in [2.05, 4.69) is 4.90 Å². The number of hydrogen-bond donors (Lipinski definition) is 0. The quantitative estimate of drug-likeness (QED) is 0.451. The number of carbonyl (C=O) groups excluding carboxylic acids is 2. The number of likely N-dealkylation sites (N-methyl/N-ethyl adjacent to an activating group) is 1. The SMILES string of the molecule is CN1[C@@H]2[C@H]3[C@@H](Oc4ccccc4)C(=O)N3CC[C@@]21C=O. The standard InChI is InChI=1S/C15H16N2O3/c1-16-13-11-12(20-10-5-3-2-4-6-10)14(19)17(11)8-7-15(13,16)9-18/h2-6,9,11-13H,7-8H2,1H3/t11-,12-,13-,15-,16?/m1/s1. The van der Waals surface area contributed by atoms with E-state index in [1.54, 1.807) is 0 Å². The number of piperidine rings is 1. The van der Waals surface area contributed by atoms with E-state index in [1.165, 1.54) is 0 Å². The van der Waals surface area contributed by atoms with E-state index in [4.69, 9.17) is 4.74 Å². The molecule has 0 radical (unpaired) electrons. The van der Waals surface area contributed by atoms with Crippen molar-refractivity contribution >= 4 is 12.2 Å². The number of β-lactam (4-membered cyclic amide) rings is 1. The van der Waals surface area contributed by atoms with Crippen molar-refractivity contribution in [3.05, 3.63) is 30.3 Å². The zero-order chi connectivity index (χ0) is 13.9. The number of aldehydes is 1. The van der Waals surface area contributed by atoms with Crippen LogP contribution in [0.15, 0.2) is 30.3 Å². The lowest BCUT2D eigenvalue weighted by Gasteiger charge is -2.49. The van der Waals surface area contributed by atoms with Gasteiger partial charge in [0.25, 0.3) is 5.91 Å². The summed E-state index contributed by atoms with van der Waals surface area (Å²) in [6.07, 6.45) is 1.32. The number of amides is 1. The van der Waals surface area contributed by atoms with Gasteiger partial charge in [0.05, 0.1) is 17.6 Å². The van der Waals surface area contributed by atoms with E-state index in [0.29, 0.717) is 12.3 Å². The minimum absolute atomic E-state index is 0.00616. The molecule has 3 saturated heterocycles. The van der Waals surface area contributed by atoms with Crippen LogP contribution >= 0.6 is 0 Å². The highest BCUT2D eigenvalue weighted by atomic mass is 16.5. The highest BCUT2D eigenvalue weighted by molar-refractivity contribution is 5.91. The maximum absolute atomic E-state index is 12.2. The Hall–Kier alpha value is -1.88. The van der Waals surface area contributed by atoms with Crippen LogP contribution in [0.25, 0.3) is 0 Å². The van der Waals surface area contributed by atoms with Crippen LogP contribution < -0.4 is 4.74 Å². The molecule has 5 nitrogen and oxygen atoms in total.